The molecule has 178 valence electrons. The monoisotopic (exact) mass is 463 g/mol. The summed E-state index contributed by atoms with van der Waals surface area (Å²) in [7, 11) is 0. The first-order valence-corrected chi connectivity index (χ1v) is 11.7. The third-order valence-corrected chi connectivity index (χ3v) is 6.37. The van der Waals surface area contributed by atoms with E-state index in [2.05, 4.69) is 5.32 Å². The highest BCUT2D eigenvalue weighted by atomic mass is 16.6. The highest BCUT2D eigenvalue weighted by molar-refractivity contribution is 5.84. The van der Waals surface area contributed by atoms with Crippen LogP contribution in [0, 0.1) is 5.92 Å². The molecule has 0 saturated carbocycles. The van der Waals surface area contributed by atoms with Gasteiger partial charge >= 0.3 is 17.7 Å². The van der Waals surface area contributed by atoms with Crippen LogP contribution in [-0.4, -0.2) is 18.1 Å². The fourth-order valence-electron chi connectivity index (χ4n) is 4.21. The summed E-state index contributed by atoms with van der Waals surface area (Å²) in [6.45, 7) is 3.80. The fraction of sp³-hybridized carbons (Fsp3) is 0.370. The Labute approximate surface area is 198 Å². The Bertz CT molecular complexity index is 1230. The minimum atomic E-state index is -0.871. The van der Waals surface area contributed by atoms with Gasteiger partial charge in [-0.05, 0) is 54.0 Å². The highest BCUT2D eigenvalue weighted by Crippen LogP contribution is 2.29. The van der Waals surface area contributed by atoms with E-state index in [1.165, 1.54) is 17.2 Å². The summed E-state index contributed by atoms with van der Waals surface area (Å²) in [5, 5.41) is 3.41. The molecule has 1 N–H and O–H groups in total. The molecule has 0 aliphatic heterocycles. The van der Waals surface area contributed by atoms with Gasteiger partial charge in [-0.3, -0.25) is 0 Å². The number of carbonyl (C=O) groups excluding carboxylic acids is 2. The van der Waals surface area contributed by atoms with Crippen LogP contribution < -0.4 is 10.9 Å². The van der Waals surface area contributed by atoms with Crippen LogP contribution in [0.3, 0.4) is 0 Å². The number of aryl methyl sites for hydroxylation is 2. The predicted octanol–water partition coefficient (Wildman–Crippen LogP) is 4.67. The van der Waals surface area contributed by atoms with Gasteiger partial charge in [0.15, 0.2) is 0 Å². The minimum Gasteiger partial charge on any atom is -0.459 e. The zero-order valence-corrected chi connectivity index (χ0v) is 19.5. The van der Waals surface area contributed by atoms with E-state index in [0.29, 0.717) is 17.6 Å². The van der Waals surface area contributed by atoms with Crippen molar-refractivity contribution in [2.45, 2.75) is 58.8 Å². The molecule has 3 aromatic rings. The van der Waals surface area contributed by atoms with Gasteiger partial charge in [0.25, 0.3) is 0 Å². The molecule has 7 nitrogen and oxygen atoms in total. The van der Waals surface area contributed by atoms with E-state index >= 15 is 0 Å². The van der Waals surface area contributed by atoms with Crippen molar-refractivity contribution >= 4 is 23.0 Å². The second kappa shape index (κ2) is 10.5. The summed E-state index contributed by atoms with van der Waals surface area (Å²) in [4.78, 5) is 37.4. The molecule has 0 fully saturated rings. The van der Waals surface area contributed by atoms with Crippen LogP contribution in [0.2, 0.25) is 0 Å². The largest absolute Gasteiger partial charge is 0.459 e. The maximum Gasteiger partial charge on any atom is 0.408 e. The molecule has 0 saturated heterocycles. The Morgan fingerprint density at radius 1 is 1.03 bits per heavy atom. The first kappa shape index (κ1) is 23.5. The first-order valence-electron chi connectivity index (χ1n) is 11.7. The summed E-state index contributed by atoms with van der Waals surface area (Å²) in [5.74, 6) is -0.744. The van der Waals surface area contributed by atoms with Crippen molar-refractivity contribution in [2.24, 2.45) is 5.92 Å². The Hall–Kier alpha value is -3.61. The van der Waals surface area contributed by atoms with Crippen molar-refractivity contribution in [3.05, 3.63) is 81.2 Å². The molecule has 0 radical (unpaired) electrons. The lowest BCUT2D eigenvalue weighted by molar-refractivity contribution is -0.148. The second-order valence-corrected chi connectivity index (χ2v) is 8.74. The highest BCUT2D eigenvalue weighted by Gasteiger charge is 2.28. The van der Waals surface area contributed by atoms with Crippen molar-refractivity contribution in [2.75, 3.05) is 0 Å². The topological polar surface area (TPSA) is 94.8 Å². The average Bonchev–Trinajstić information content (AvgIpc) is 3.30. The van der Waals surface area contributed by atoms with Crippen LogP contribution in [0.1, 0.15) is 48.9 Å². The fourth-order valence-corrected chi connectivity index (χ4v) is 4.21. The molecule has 2 atom stereocenters. The molecule has 1 aromatic heterocycles. The molecule has 7 heteroatoms. The van der Waals surface area contributed by atoms with Crippen molar-refractivity contribution in [3.63, 3.8) is 0 Å². The minimum absolute atomic E-state index is 0.0899. The van der Waals surface area contributed by atoms with Crippen molar-refractivity contribution in [1.29, 1.82) is 0 Å². The second-order valence-electron chi connectivity index (χ2n) is 8.74. The van der Waals surface area contributed by atoms with Crippen molar-refractivity contribution in [3.8, 4) is 0 Å². The molecule has 0 spiro atoms. The average molecular weight is 464 g/mol. The van der Waals surface area contributed by atoms with Gasteiger partial charge in [-0.1, -0.05) is 50.6 Å². The van der Waals surface area contributed by atoms with Crippen molar-refractivity contribution in [1.82, 2.24) is 5.32 Å². The first-order chi connectivity index (χ1) is 16.4. The number of rotatable bonds is 8. The maximum absolute atomic E-state index is 12.9. The Morgan fingerprint density at radius 3 is 2.50 bits per heavy atom. The molecule has 4 rings (SSSR count). The molecular weight excluding hydrogens is 434 g/mol. The predicted molar refractivity (Wildman–Crippen MR) is 127 cm³/mol. The van der Waals surface area contributed by atoms with E-state index in [0.717, 1.165) is 30.2 Å². The van der Waals surface area contributed by atoms with Gasteiger partial charge in [-0.15, -0.1) is 0 Å². The summed E-state index contributed by atoms with van der Waals surface area (Å²) in [6, 6.07) is 13.7. The Balaban J connectivity index is 1.44. The van der Waals surface area contributed by atoms with Gasteiger partial charge in [-0.25, -0.2) is 14.4 Å². The zero-order chi connectivity index (χ0) is 24.1. The summed E-state index contributed by atoms with van der Waals surface area (Å²) < 4.78 is 16.2. The van der Waals surface area contributed by atoms with Gasteiger partial charge in [0.05, 0.1) is 0 Å². The summed E-state index contributed by atoms with van der Waals surface area (Å²) in [5.41, 5.74) is 3.87. The van der Waals surface area contributed by atoms with Gasteiger partial charge in [-0.2, -0.15) is 0 Å². The van der Waals surface area contributed by atoms with Crippen LogP contribution in [0.4, 0.5) is 4.79 Å². The molecule has 1 amide bonds. The van der Waals surface area contributed by atoms with Crippen LogP contribution in [-0.2, 0) is 40.3 Å². The van der Waals surface area contributed by atoms with Crippen LogP contribution in [0.15, 0.2) is 57.7 Å². The quantitative estimate of drug-likeness (QED) is 0.385. The molecular formula is C27H29NO6. The lowest BCUT2D eigenvalue weighted by atomic mass is 9.99. The van der Waals surface area contributed by atoms with Crippen LogP contribution in [0.5, 0.6) is 0 Å². The number of ether oxygens (including phenoxy) is 2. The molecule has 1 aliphatic rings. The number of hydrogen-bond acceptors (Lipinski definition) is 6. The van der Waals surface area contributed by atoms with E-state index in [-0.39, 0.29) is 19.1 Å². The van der Waals surface area contributed by atoms with E-state index in [9.17, 15) is 14.4 Å². The van der Waals surface area contributed by atoms with Crippen LogP contribution >= 0.6 is 0 Å². The van der Waals surface area contributed by atoms with E-state index in [1.54, 1.807) is 0 Å². The molecule has 0 bridgehead atoms. The Morgan fingerprint density at radius 2 is 1.76 bits per heavy atom. The van der Waals surface area contributed by atoms with Gasteiger partial charge in [0, 0.05) is 17.0 Å². The smallest absolute Gasteiger partial charge is 0.408 e. The van der Waals surface area contributed by atoms with E-state index < -0.39 is 23.7 Å². The number of nitrogens with one attached hydrogen (secondary N) is 1. The normalized spacial score (nSPS) is 14.3. The lowest BCUT2D eigenvalue weighted by Crippen LogP contribution is -2.46. The molecule has 34 heavy (non-hydrogen) atoms. The molecule has 1 aliphatic carbocycles. The standard InChI is InChI=1S/C27H29NO6/c1-3-17(2)25(28-27(31)33-15-18-8-5-4-6-9-18)26(30)32-16-21-14-24(29)34-23-13-20-11-7-10-19(20)12-22(21)23/h4-6,8-9,12-14,17,25H,3,7,10-11,15-16H2,1-2H3,(H,28,31)/t17-,25+/m0/s1. The summed E-state index contributed by atoms with van der Waals surface area (Å²) in [6.07, 6.45) is 2.99. The zero-order valence-electron chi connectivity index (χ0n) is 19.5. The number of carbonyl (C=O) groups is 2. The van der Waals surface area contributed by atoms with Gasteiger partial charge in [0.1, 0.15) is 24.8 Å². The van der Waals surface area contributed by atoms with Gasteiger partial charge in [0.2, 0.25) is 0 Å². The number of hydrogen-bond donors (Lipinski definition) is 1. The number of amides is 1. The number of alkyl carbamates (subject to hydrolysis) is 1. The summed E-state index contributed by atoms with van der Waals surface area (Å²) >= 11 is 0. The van der Waals surface area contributed by atoms with Crippen LogP contribution in [0.25, 0.3) is 11.0 Å². The third kappa shape index (κ3) is 5.47. The van der Waals surface area contributed by atoms with Crippen molar-refractivity contribution < 1.29 is 23.5 Å². The third-order valence-electron chi connectivity index (χ3n) is 6.37. The number of esters is 1. The Kier molecular flexibility index (Phi) is 7.30. The SMILES string of the molecule is CC[C@H](C)[C@@H](NC(=O)OCc1ccccc1)C(=O)OCc1cc(=O)oc2cc3c(cc12)CCC3. The molecule has 0 unspecified atom stereocenters. The van der Waals surface area contributed by atoms with Gasteiger partial charge < -0.3 is 19.2 Å². The van der Waals surface area contributed by atoms with E-state index in [4.69, 9.17) is 13.9 Å². The molecule has 1 heterocycles. The number of benzene rings is 2. The molecule has 2 aromatic carbocycles. The number of fused-ring (bicyclic) bond motifs is 2. The maximum atomic E-state index is 12.9. The van der Waals surface area contributed by atoms with E-state index in [1.807, 2.05) is 56.3 Å². The lowest BCUT2D eigenvalue weighted by Gasteiger charge is -2.22.